The first-order valence-electron chi connectivity index (χ1n) is 7.45. The molecule has 0 saturated carbocycles. The minimum absolute atomic E-state index is 0.590. The highest BCUT2D eigenvalue weighted by Crippen LogP contribution is 2.38. The van der Waals surface area contributed by atoms with Crippen LogP contribution in [0.25, 0.3) is 10.2 Å². The monoisotopic (exact) mass is 305 g/mol. The molecule has 112 valence electrons. The number of rotatable bonds is 5. The molecule has 0 spiro atoms. The summed E-state index contributed by atoms with van der Waals surface area (Å²) in [6.45, 7) is 1.99. The highest BCUT2D eigenvalue weighted by molar-refractivity contribution is 7.19. The standard InChI is InChI=1S/C15H19N3O2S/c1-2-5-10(15(19)20)18-13-12-9-6-3-4-7-11(9)21-14(12)17-8-16-13/h8,10H,2-7H2,1H3,(H,19,20)(H,16,17,18). The maximum Gasteiger partial charge on any atom is 0.326 e. The average Bonchev–Trinajstić information content (AvgIpc) is 2.86. The highest BCUT2D eigenvalue weighted by Gasteiger charge is 2.23. The van der Waals surface area contributed by atoms with Crippen LogP contribution in [0.15, 0.2) is 6.33 Å². The largest absolute Gasteiger partial charge is 0.480 e. The number of anilines is 1. The molecule has 21 heavy (non-hydrogen) atoms. The molecule has 0 fully saturated rings. The zero-order valence-corrected chi connectivity index (χ0v) is 12.9. The third kappa shape index (κ3) is 2.72. The smallest absolute Gasteiger partial charge is 0.326 e. The lowest BCUT2D eigenvalue weighted by Crippen LogP contribution is -2.29. The van der Waals surface area contributed by atoms with E-state index in [2.05, 4.69) is 15.3 Å². The second kappa shape index (κ2) is 5.97. The van der Waals surface area contributed by atoms with Gasteiger partial charge < -0.3 is 10.4 Å². The molecule has 0 radical (unpaired) electrons. The average molecular weight is 305 g/mol. The minimum atomic E-state index is -0.826. The van der Waals surface area contributed by atoms with Crippen molar-refractivity contribution in [1.29, 1.82) is 0 Å². The highest BCUT2D eigenvalue weighted by atomic mass is 32.1. The summed E-state index contributed by atoms with van der Waals surface area (Å²) >= 11 is 1.72. The molecule has 1 aliphatic rings. The summed E-state index contributed by atoms with van der Waals surface area (Å²) in [6, 6.07) is -0.591. The van der Waals surface area contributed by atoms with Gasteiger partial charge in [0, 0.05) is 4.88 Å². The van der Waals surface area contributed by atoms with Gasteiger partial charge in [-0.25, -0.2) is 14.8 Å². The van der Waals surface area contributed by atoms with Crippen LogP contribution in [0.1, 0.15) is 43.0 Å². The fourth-order valence-corrected chi connectivity index (χ4v) is 4.14. The van der Waals surface area contributed by atoms with E-state index in [1.807, 2.05) is 6.92 Å². The molecule has 2 aromatic rings. The van der Waals surface area contributed by atoms with Crippen LogP contribution in [0, 0.1) is 0 Å². The number of nitrogens with zero attached hydrogens (tertiary/aromatic N) is 2. The number of nitrogens with one attached hydrogen (secondary N) is 1. The predicted octanol–water partition coefficient (Wildman–Crippen LogP) is 3.24. The third-order valence-corrected chi connectivity index (χ3v) is 5.14. The summed E-state index contributed by atoms with van der Waals surface area (Å²) in [6.07, 6.45) is 7.49. The predicted molar refractivity (Wildman–Crippen MR) is 84.0 cm³/mol. The van der Waals surface area contributed by atoms with E-state index in [1.165, 1.54) is 29.6 Å². The van der Waals surface area contributed by atoms with Crippen molar-refractivity contribution in [2.24, 2.45) is 0 Å². The topological polar surface area (TPSA) is 75.1 Å². The van der Waals surface area contributed by atoms with Gasteiger partial charge in [0.15, 0.2) is 0 Å². The van der Waals surface area contributed by atoms with Crippen molar-refractivity contribution < 1.29 is 9.90 Å². The molecule has 0 bridgehead atoms. The molecule has 3 rings (SSSR count). The van der Waals surface area contributed by atoms with E-state index in [0.717, 1.165) is 29.5 Å². The second-order valence-electron chi connectivity index (χ2n) is 5.44. The first-order valence-corrected chi connectivity index (χ1v) is 8.27. The number of carboxylic acids is 1. The van der Waals surface area contributed by atoms with E-state index < -0.39 is 12.0 Å². The Morgan fingerprint density at radius 3 is 3.00 bits per heavy atom. The lowest BCUT2D eigenvalue weighted by atomic mass is 9.97. The van der Waals surface area contributed by atoms with Gasteiger partial charge in [0.2, 0.25) is 0 Å². The number of thiophene rings is 1. The zero-order chi connectivity index (χ0) is 14.8. The van der Waals surface area contributed by atoms with Gasteiger partial charge in [-0.3, -0.25) is 0 Å². The number of hydrogen-bond acceptors (Lipinski definition) is 5. The summed E-state index contributed by atoms with van der Waals surface area (Å²) < 4.78 is 0. The summed E-state index contributed by atoms with van der Waals surface area (Å²) in [5.74, 6) is -0.145. The molecule has 2 N–H and O–H groups in total. The lowest BCUT2D eigenvalue weighted by molar-refractivity contribution is -0.138. The number of carboxylic acid groups (broad SMARTS) is 1. The van der Waals surface area contributed by atoms with Crippen LogP contribution in [0.5, 0.6) is 0 Å². The number of aliphatic carboxylic acids is 1. The number of aromatic nitrogens is 2. The minimum Gasteiger partial charge on any atom is -0.480 e. The van der Waals surface area contributed by atoms with Gasteiger partial charge in [0.1, 0.15) is 23.0 Å². The SMILES string of the molecule is CCCC(Nc1ncnc2sc3c(c12)CCCC3)C(=O)O. The number of carbonyl (C=O) groups is 1. The molecule has 1 atom stereocenters. The van der Waals surface area contributed by atoms with E-state index in [1.54, 1.807) is 11.3 Å². The van der Waals surface area contributed by atoms with Crippen molar-refractivity contribution in [3.05, 3.63) is 16.8 Å². The lowest BCUT2D eigenvalue weighted by Gasteiger charge is -2.16. The Bertz CT molecular complexity index is 668. The quantitative estimate of drug-likeness (QED) is 0.887. The van der Waals surface area contributed by atoms with Gasteiger partial charge >= 0.3 is 5.97 Å². The van der Waals surface area contributed by atoms with Gasteiger partial charge in [0.05, 0.1) is 5.39 Å². The van der Waals surface area contributed by atoms with Crippen molar-refractivity contribution >= 4 is 33.3 Å². The van der Waals surface area contributed by atoms with Crippen LogP contribution < -0.4 is 5.32 Å². The van der Waals surface area contributed by atoms with E-state index in [-0.39, 0.29) is 0 Å². The fraction of sp³-hybridized carbons (Fsp3) is 0.533. The Kier molecular flexibility index (Phi) is 4.05. The van der Waals surface area contributed by atoms with Gasteiger partial charge in [-0.2, -0.15) is 0 Å². The van der Waals surface area contributed by atoms with Gasteiger partial charge in [-0.15, -0.1) is 11.3 Å². The van der Waals surface area contributed by atoms with Crippen LogP contribution in [0.3, 0.4) is 0 Å². The summed E-state index contributed by atoms with van der Waals surface area (Å²) in [7, 11) is 0. The first kappa shape index (κ1) is 14.3. The molecule has 0 aliphatic heterocycles. The normalized spacial score (nSPS) is 15.7. The second-order valence-corrected chi connectivity index (χ2v) is 6.52. The number of hydrogen-bond donors (Lipinski definition) is 2. The summed E-state index contributed by atoms with van der Waals surface area (Å²) in [5, 5.41) is 13.5. The van der Waals surface area contributed by atoms with E-state index in [9.17, 15) is 9.90 Å². The van der Waals surface area contributed by atoms with Gasteiger partial charge in [-0.1, -0.05) is 13.3 Å². The number of fused-ring (bicyclic) bond motifs is 3. The van der Waals surface area contributed by atoms with Crippen molar-refractivity contribution in [1.82, 2.24) is 9.97 Å². The maximum atomic E-state index is 11.4. The molecule has 1 unspecified atom stereocenters. The molecule has 2 aromatic heterocycles. The Balaban J connectivity index is 2.01. The van der Waals surface area contributed by atoms with E-state index in [0.29, 0.717) is 12.2 Å². The van der Waals surface area contributed by atoms with Crippen LogP contribution in [0.4, 0.5) is 5.82 Å². The Morgan fingerprint density at radius 1 is 1.43 bits per heavy atom. The van der Waals surface area contributed by atoms with E-state index in [4.69, 9.17) is 0 Å². The Hall–Kier alpha value is -1.69. The van der Waals surface area contributed by atoms with Crippen molar-refractivity contribution in [2.75, 3.05) is 5.32 Å². The summed E-state index contributed by atoms with van der Waals surface area (Å²) in [4.78, 5) is 22.4. The van der Waals surface area contributed by atoms with Crippen molar-refractivity contribution in [3.63, 3.8) is 0 Å². The van der Waals surface area contributed by atoms with E-state index >= 15 is 0 Å². The van der Waals surface area contributed by atoms with Crippen LogP contribution in [-0.2, 0) is 17.6 Å². The van der Waals surface area contributed by atoms with Crippen LogP contribution in [-0.4, -0.2) is 27.1 Å². The molecule has 1 aliphatic carbocycles. The molecular weight excluding hydrogens is 286 g/mol. The van der Waals surface area contributed by atoms with Crippen molar-refractivity contribution in [2.45, 2.75) is 51.5 Å². The maximum absolute atomic E-state index is 11.4. The molecule has 0 amide bonds. The summed E-state index contributed by atoms with van der Waals surface area (Å²) in [5.41, 5.74) is 1.32. The van der Waals surface area contributed by atoms with Crippen molar-refractivity contribution in [3.8, 4) is 0 Å². The molecule has 2 heterocycles. The number of aryl methyl sites for hydroxylation is 2. The molecule has 6 heteroatoms. The fourth-order valence-electron chi connectivity index (χ4n) is 2.91. The zero-order valence-electron chi connectivity index (χ0n) is 12.1. The molecule has 0 saturated heterocycles. The van der Waals surface area contributed by atoms with Crippen LogP contribution >= 0.6 is 11.3 Å². The van der Waals surface area contributed by atoms with Gasteiger partial charge in [0.25, 0.3) is 0 Å². The van der Waals surface area contributed by atoms with Crippen LogP contribution in [0.2, 0.25) is 0 Å². The van der Waals surface area contributed by atoms with Gasteiger partial charge in [-0.05, 0) is 37.7 Å². The molecule has 0 aromatic carbocycles. The molecular formula is C15H19N3O2S. The Labute approximate surface area is 127 Å². The first-order chi connectivity index (χ1) is 10.2. The third-order valence-electron chi connectivity index (χ3n) is 3.94. The Morgan fingerprint density at radius 2 is 2.24 bits per heavy atom. The molecule has 5 nitrogen and oxygen atoms in total.